The fourth-order valence-electron chi connectivity index (χ4n) is 1.69. The van der Waals surface area contributed by atoms with Gasteiger partial charge in [-0.15, -0.1) is 11.3 Å². The van der Waals surface area contributed by atoms with Crippen molar-refractivity contribution in [1.29, 1.82) is 0 Å². The van der Waals surface area contributed by atoms with Crippen molar-refractivity contribution in [3.63, 3.8) is 0 Å². The van der Waals surface area contributed by atoms with Crippen molar-refractivity contribution in [3.8, 4) is 0 Å². The van der Waals surface area contributed by atoms with E-state index >= 15 is 0 Å². The van der Waals surface area contributed by atoms with Gasteiger partial charge in [0.05, 0.1) is 4.90 Å². The van der Waals surface area contributed by atoms with Gasteiger partial charge in [0.2, 0.25) is 10.0 Å². The van der Waals surface area contributed by atoms with E-state index in [-0.39, 0.29) is 4.90 Å². The van der Waals surface area contributed by atoms with Gasteiger partial charge in [0, 0.05) is 22.4 Å². The summed E-state index contributed by atoms with van der Waals surface area (Å²) in [4.78, 5) is 1.24. The third-order valence-electron chi connectivity index (χ3n) is 2.73. The summed E-state index contributed by atoms with van der Waals surface area (Å²) in [6.07, 6.45) is 0. The van der Waals surface area contributed by atoms with Crippen molar-refractivity contribution in [1.82, 2.24) is 10.0 Å². The normalized spacial score (nSPS) is 11.7. The summed E-state index contributed by atoms with van der Waals surface area (Å²) in [7, 11) is -1.62. The number of sulfonamides is 1. The molecule has 2 aromatic rings. The Labute approximate surface area is 131 Å². The molecule has 2 rings (SSSR count). The highest BCUT2D eigenvalue weighted by Crippen LogP contribution is 2.23. The first-order valence-electron chi connectivity index (χ1n) is 5.98. The number of nitrogens with one attached hydrogen (secondary N) is 2. The van der Waals surface area contributed by atoms with Gasteiger partial charge < -0.3 is 5.32 Å². The zero-order valence-corrected chi connectivity index (χ0v) is 14.1. The number of hydrogen-bond donors (Lipinski definition) is 2. The van der Waals surface area contributed by atoms with Crippen LogP contribution in [0.15, 0.2) is 45.1 Å². The molecule has 7 heteroatoms. The van der Waals surface area contributed by atoms with E-state index < -0.39 is 10.0 Å². The highest BCUT2D eigenvalue weighted by atomic mass is 79.9. The zero-order chi connectivity index (χ0) is 14.6. The summed E-state index contributed by atoms with van der Waals surface area (Å²) < 4.78 is 27.9. The average Bonchev–Trinajstić information content (AvgIpc) is 2.83. The topological polar surface area (TPSA) is 58.2 Å². The van der Waals surface area contributed by atoms with Crippen LogP contribution in [-0.4, -0.2) is 15.5 Å². The van der Waals surface area contributed by atoms with Gasteiger partial charge in [0.1, 0.15) is 0 Å². The molecule has 0 unspecified atom stereocenters. The SMILES string of the molecule is CNCc1ccc(S(=O)(=O)NCc2sccc2Br)cc1. The van der Waals surface area contributed by atoms with Crippen molar-refractivity contribution in [2.75, 3.05) is 7.05 Å². The zero-order valence-electron chi connectivity index (χ0n) is 10.9. The maximum absolute atomic E-state index is 12.2. The van der Waals surface area contributed by atoms with E-state index in [0.29, 0.717) is 6.54 Å². The van der Waals surface area contributed by atoms with Crippen LogP contribution >= 0.6 is 27.3 Å². The summed E-state index contributed by atoms with van der Waals surface area (Å²) >= 11 is 4.90. The minimum Gasteiger partial charge on any atom is -0.316 e. The first-order chi connectivity index (χ1) is 9.53. The van der Waals surface area contributed by atoms with Crippen LogP contribution in [0.3, 0.4) is 0 Å². The molecule has 0 aliphatic carbocycles. The van der Waals surface area contributed by atoms with E-state index in [1.54, 1.807) is 12.1 Å². The summed E-state index contributed by atoms with van der Waals surface area (Å²) in [6.45, 7) is 1.01. The van der Waals surface area contributed by atoms with Gasteiger partial charge in [0.15, 0.2) is 0 Å². The quantitative estimate of drug-likeness (QED) is 0.816. The molecule has 0 saturated heterocycles. The lowest BCUT2D eigenvalue weighted by Gasteiger charge is -2.07. The van der Waals surface area contributed by atoms with Crippen LogP contribution in [0, 0.1) is 0 Å². The van der Waals surface area contributed by atoms with Crippen LogP contribution in [0.4, 0.5) is 0 Å². The molecule has 1 aromatic carbocycles. The van der Waals surface area contributed by atoms with E-state index in [0.717, 1.165) is 21.5 Å². The van der Waals surface area contributed by atoms with Gasteiger partial charge in [-0.2, -0.15) is 0 Å². The Kier molecular flexibility index (Phi) is 5.34. The highest BCUT2D eigenvalue weighted by Gasteiger charge is 2.14. The van der Waals surface area contributed by atoms with Crippen LogP contribution in [0.5, 0.6) is 0 Å². The first-order valence-corrected chi connectivity index (χ1v) is 9.13. The third kappa shape index (κ3) is 3.89. The molecular weight excluding hydrogens is 360 g/mol. The molecule has 0 saturated carbocycles. The fourth-order valence-corrected chi connectivity index (χ4v) is 4.20. The van der Waals surface area contributed by atoms with Crippen LogP contribution < -0.4 is 10.0 Å². The smallest absolute Gasteiger partial charge is 0.240 e. The molecule has 1 heterocycles. The van der Waals surface area contributed by atoms with Gasteiger partial charge in [-0.1, -0.05) is 12.1 Å². The summed E-state index contributed by atoms with van der Waals surface area (Å²) in [5.41, 5.74) is 1.05. The molecule has 20 heavy (non-hydrogen) atoms. The van der Waals surface area contributed by atoms with E-state index in [1.807, 2.05) is 30.6 Å². The van der Waals surface area contributed by atoms with Crippen LogP contribution in [0.1, 0.15) is 10.4 Å². The van der Waals surface area contributed by atoms with Gasteiger partial charge in [-0.05, 0) is 52.1 Å². The molecule has 0 aliphatic heterocycles. The van der Waals surface area contributed by atoms with Crippen molar-refractivity contribution in [2.24, 2.45) is 0 Å². The Hall–Kier alpha value is -0.730. The van der Waals surface area contributed by atoms with Crippen LogP contribution in [0.2, 0.25) is 0 Å². The number of benzene rings is 1. The minimum atomic E-state index is -3.47. The third-order valence-corrected chi connectivity index (χ3v) is 6.07. The molecule has 0 fully saturated rings. The van der Waals surface area contributed by atoms with E-state index in [4.69, 9.17) is 0 Å². The second-order valence-corrected chi connectivity index (χ2v) is 7.81. The average molecular weight is 375 g/mol. The Morgan fingerprint density at radius 1 is 1.15 bits per heavy atom. The van der Waals surface area contributed by atoms with Crippen molar-refractivity contribution in [3.05, 3.63) is 50.6 Å². The predicted molar refractivity (Wildman–Crippen MR) is 85.3 cm³/mol. The maximum atomic E-state index is 12.2. The summed E-state index contributed by atoms with van der Waals surface area (Å²) in [5.74, 6) is 0. The number of hydrogen-bond acceptors (Lipinski definition) is 4. The van der Waals surface area contributed by atoms with Gasteiger partial charge in [0.25, 0.3) is 0 Å². The molecule has 0 spiro atoms. The lowest BCUT2D eigenvalue weighted by Crippen LogP contribution is -2.23. The van der Waals surface area contributed by atoms with Crippen molar-refractivity contribution >= 4 is 37.3 Å². The van der Waals surface area contributed by atoms with E-state index in [1.165, 1.54) is 11.3 Å². The van der Waals surface area contributed by atoms with Crippen molar-refractivity contribution < 1.29 is 8.42 Å². The Balaban J connectivity index is 2.08. The van der Waals surface area contributed by atoms with Crippen LogP contribution in [-0.2, 0) is 23.1 Å². The lowest BCUT2D eigenvalue weighted by molar-refractivity contribution is 0.581. The molecule has 0 atom stereocenters. The highest BCUT2D eigenvalue weighted by molar-refractivity contribution is 9.10. The minimum absolute atomic E-state index is 0.282. The Morgan fingerprint density at radius 2 is 1.85 bits per heavy atom. The van der Waals surface area contributed by atoms with Gasteiger partial charge >= 0.3 is 0 Å². The predicted octanol–water partition coefficient (Wildman–Crippen LogP) is 2.71. The molecule has 4 nitrogen and oxygen atoms in total. The number of rotatable bonds is 6. The molecule has 108 valence electrons. The van der Waals surface area contributed by atoms with Gasteiger partial charge in [-0.25, -0.2) is 13.1 Å². The second-order valence-electron chi connectivity index (χ2n) is 4.19. The Bertz CT molecular complexity index is 666. The summed E-state index contributed by atoms with van der Waals surface area (Å²) in [5, 5.41) is 4.94. The number of thiophene rings is 1. The summed E-state index contributed by atoms with van der Waals surface area (Å²) in [6, 6.07) is 8.77. The molecule has 2 N–H and O–H groups in total. The van der Waals surface area contributed by atoms with Gasteiger partial charge in [-0.3, -0.25) is 0 Å². The van der Waals surface area contributed by atoms with E-state index in [9.17, 15) is 8.42 Å². The number of halogens is 1. The monoisotopic (exact) mass is 374 g/mol. The molecule has 0 bridgehead atoms. The fraction of sp³-hybridized carbons (Fsp3) is 0.231. The van der Waals surface area contributed by atoms with Crippen LogP contribution in [0.25, 0.3) is 0 Å². The van der Waals surface area contributed by atoms with E-state index in [2.05, 4.69) is 26.0 Å². The molecule has 0 radical (unpaired) electrons. The van der Waals surface area contributed by atoms with Crippen molar-refractivity contribution in [2.45, 2.75) is 18.0 Å². The largest absolute Gasteiger partial charge is 0.316 e. The molecule has 1 aromatic heterocycles. The maximum Gasteiger partial charge on any atom is 0.240 e. The molecule has 0 aliphatic rings. The Morgan fingerprint density at radius 3 is 2.40 bits per heavy atom. The lowest BCUT2D eigenvalue weighted by atomic mass is 10.2. The second kappa shape index (κ2) is 6.82. The standard InChI is InChI=1S/C13H15BrN2O2S2/c1-15-8-10-2-4-11(5-3-10)20(17,18)16-9-13-12(14)6-7-19-13/h2-7,15-16H,8-9H2,1H3. The molecular formula is C13H15BrN2O2S2. The first kappa shape index (κ1) is 15.7. The molecule has 0 amide bonds.